The Bertz CT molecular complexity index is 528. The van der Waals surface area contributed by atoms with Crippen LogP contribution in [0.2, 0.25) is 0 Å². The Labute approximate surface area is 119 Å². The molecule has 0 unspecified atom stereocenters. The lowest BCUT2D eigenvalue weighted by Gasteiger charge is -2.35. The van der Waals surface area contributed by atoms with Crippen LogP contribution in [0, 0.1) is 18.3 Å². The second kappa shape index (κ2) is 6.29. The third-order valence-corrected chi connectivity index (χ3v) is 3.42. The zero-order chi connectivity index (χ0) is 14.5. The SMILES string of the molecule is CCOC(=O)N1CCN(c2ccc(C)cc2C#N)CC1. The molecule has 0 N–H and O–H groups in total. The topological polar surface area (TPSA) is 56.6 Å². The number of carbonyl (C=O) groups excluding carboxylic acids is 1. The fourth-order valence-electron chi connectivity index (χ4n) is 2.36. The smallest absolute Gasteiger partial charge is 0.409 e. The normalized spacial score (nSPS) is 14.8. The lowest BCUT2D eigenvalue weighted by molar-refractivity contribution is 0.105. The zero-order valence-corrected chi connectivity index (χ0v) is 11.9. The second-order valence-corrected chi connectivity index (χ2v) is 4.81. The predicted molar refractivity (Wildman–Crippen MR) is 76.7 cm³/mol. The molecule has 0 radical (unpaired) electrons. The molecule has 5 heteroatoms. The van der Waals surface area contributed by atoms with Crippen molar-refractivity contribution >= 4 is 11.8 Å². The molecule has 0 atom stereocenters. The summed E-state index contributed by atoms with van der Waals surface area (Å²) in [5.41, 5.74) is 2.71. The Morgan fingerprint density at radius 2 is 2.05 bits per heavy atom. The molecule has 5 nitrogen and oxygen atoms in total. The summed E-state index contributed by atoms with van der Waals surface area (Å²) in [6.45, 7) is 6.86. The number of carbonyl (C=O) groups is 1. The van der Waals surface area contributed by atoms with Crippen LogP contribution >= 0.6 is 0 Å². The minimum absolute atomic E-state index is 0.253. The van der Waals surface area contributed by atoms with Crippen LogP contribution < -0.4 is 4.90 Å². The van der Waals surface area contributed by atoms with Gasteiger partial charge in [0.1, 0.15) is 6.07 Å². The highest BCUT2D eigenvalue weighted by atomic mass is 16.6. The molecular formula is C15H19N3O2. The number of benzene rings is 1. The van der Waals surface area contributed by atoms with E-state index < -0.39 is 0 Å². The number of hydrogen-bond acceptors (Lipinski definition) is 4. The van der Waals surface area contributed by atoms with Gasteiger partial charge in [0.05, 0.1) is 17.9 Å². The molecule has 0 saturated carbocycles. The Morgan fingerprint density at radius 1 is 1.35 bits per heavy atom. The van der Waals surface area contributed by atoms with Crippen molar-refractivity contribution < 1.29 is 9.53 Å². The molecule has 2 rings (SSSR count). The number of amides is 1. The van der Waals surface area contributed by atoms with Gasteiger partial charge in [-0.3, -0.25) is 0 Å². The Hall–Kier alpha value is -2.22. The molecule has 20 heavy (non-hydrogen) atoms. The van der Waals surface area contributed by atoms with Crippen LogP contribution in [0.1, 0.15) is 18.1 Å². The lowest BCUT2D eigenvalue weighted by Crippen LogP contribution is -2.49. The summed E-state index contributed by atoms with van der Waals surface area (Å²) >= 11 is 0. The summed E-state index contributed by atoms with van der Waals surface area (Å²) in [5.74, 6) is 0. The first-order chi connectivity index (χ1) is 9.65. The van der Waals surface area contributed by atoms with Gasteiger partial charge in [0.25, 0.3) is 0 Å². The standard InChI is InChI=1S/C15H19N3O2/c1-3-20-15(19)18-8-6-17(7-9-18)14-5-4-12(2)10-13(14)11-16/h4-5,10H,3,6-9H2,1-2H3. The van der Waals surface area contributed by atoms with Gasteiger partial charge < -0.3 is 14.5 Å². The van der Waals surface area contributed by atoms with Crippen molar-refractivity contribution in [3.05, 3.63) is 29.3 Å². The molecule has 1 amide bonds. The van der Waals surface area contributed by atoms with Gasteiger partial charge >= 0.3 is 6.09 Å². The first kappa shape index (κ1) is 14.2. The fourth-order valence-corrected chi connectivity index (χ4v) is 2.36. The molecule has 1 aliphatic rings. The minimum atomic E-state index is -0.253. The van der Waals surface area contributed by atoms with Crippen molar-refractivity contribution in [2.24, 2.45) is 0 Å². The lowest BCUT2D eigenvalue weighted by atomic mass is 10.1. The molecular weight excluding hydrogens is 254 g/mol. The van der Waals surface area contributed by atoms with Crippen molar-refractivity contribution in [1.29, 1.82) is 5.26 Å². The maximum absolute atomic E-state index is 11.6. The molecule has 1 heterocycles. The van der Waals surface area contributed by atoms with E-state index in [4.69, 9.17) is 4.74 Å². The van der Waals surface area contributed by atoms with Crippen molar-refractivity contribution in [1.82, 2.24) is 4.90 Å². The van der Waals surface area contributed by atoms with E-state index in [1.54, 1.807) is 11.8 Å². The minimum Gasteiger partial charge on any atom is -0.450 e. The molecule has 0 spiro atoms. The molecule has 0 aliphatic carbocycles. The molecule has 1 saturated heterocycles. The van der Waals surface area contributed by atoms with Gasteiger partial charge in [0.15, 0.2) is 0 Å². The van der Waals surface area contributed by atoms with Crippen molar-refractivity contribution in [3.8, 4) is 6.07 Å². The number of rotatable bonds is 2. The van der Waals surface area contributed by atoms with Crippen LogP contribution in [0.3, 0.4) is 0 Å². The van der Waals surface area contributed by atoms with E-state index in [1.165, 1.54) is 0 Å². The van der Waals surface area contributed by atoms with Crippen LogP contribution in [-0.4, -0.2) is 43.8 Å². The molecule has 106 valence electrons. The highest BCUT2D eigenvalue weighted by Gasteiger charge is 2.23. The van der Waals surface area contributed by atoms with Crippen LogP contribution in [0.5, 0.6) is 0 Å². The van der Waals surface area contributed by atoms with E-state index in [2.05, 4.69) is 11.0 Å². The van der Waals surface area contributed by atoms with E-state index in [0.29, 0.717) is 25.3 Å². The number of ether oxygens (including phenoxy) is 1. The molecule has 1 aromatic carbocycles. The Kier molecular flexibility index (Phi) is 4.46. The van der Waals surface area contributed by atoms with Crippen LogP contribution in [-0.2, 0) is 4.74 Å². The van der Waals surface area contributed by atoms with Gasteiger partial charge in [-0.2, -0.15) is 5.26 Å². The van der Waals surface area contributed by atoms with Gasteiger partial charge in [0, 0.05) is 26.2 Å². The number of hydrogen-bond donors (Lipinski definition) is 0. The first-order valence-electron chi connectivity index (χ1n) is 6.83. The van der Waals surface area contributed by atoms with E-state index in [0.717, 1.165) is 24.3 Å². The third kappa shape index (κ3) is 3.02. The van der Waals surface area contributed by atoms with Gasteiger partial charge in [-0.05, 0) is 31.5 Å². The van der Waals surface area contributed by atoms with Gasteiger partial charge in [-0.15, -0.1) is 0 Å². The maximum atomic E-state index is 11.6. The van der Waals surface area contributed by atoms with Crippen molar-refractivity contribution in [2.45, 2.75) is 13.8 Å². The summed E-state index contributed by atoms with van der Waals surface area (Å²) in [6.07, 6.45) is -0.253. The Balaban J connectivity index is 2.04. The highest BCUT2D eigenvalue weighted by Crippen LogP contribution is 2.22. The van der Waals surface area contributed by atoms with Gasteiger partial charge in [0.2, 0.25) is 0 Å². The quantitative estimate of drug-likeness (QED) is 0.828. The van der Waals surface area contributed by atoms with Gasteiger partial charge in [-0.1, -0.05) is 6.07 Å². The first-order valence-corrected chi connectivity index (χ1v) is 6.83. The summed E-state index contributed by atoms with van der Waals surface area (Å²) in [7, 11) is 0. The van der Waals surface area contributed by atoms with Gasteiger partial charge in [-0.25, -0.2) is 4.79 Å². The summed E-state index contributed by atoms with van der Waals surface area (Å²) in [6, 6.07) is 8.12. The molecule has 0 aromatic heterocycles. The van der Waals surface area contributed by atoms with Crippen LogP contribution in [0.4, 0.5) is 10.5 Å². The highest BCUT2D eigenvalue weighted by molar-refractivity contribution is 5.68. The number of aryl methyl sites for hydroxylation is 1. The average molecular weight is 273 g/mol. The summed E-state index contributed by atoms with van der Waals surface area (Å²) < 4.78 is 5.00. The third-order valence-electron chi connectivity index (χ3n) is 3.42. The number of anilines is 1. The fraction of sp³-hybridized carbons (Fsp3) is 0.467. The van der Waals surface area contributed by atoms with E-state index >= 15 is 0 Å². The number of piperazine rings is 1. The number of nitriles is 1. The van der Waals surface area contributed by atoms with Crippen LogP contribution in [0.15, 0.2) is 18.2 Å². The van der Waals surface area contributed by atoms with Crippen molar-refractivity contribution in [2.75, 3.05) is 37.7 Å². The molecule has 1 aliphatic heterocycles. The monoisotopic (exact) mass is 273 g/mol. The van der Waals surface area contributed by atoms with E-state index in [9.17, 15) is 10.1 Å². The zero-order valence-electron chi connectivity index (χ0n) is 11.9. The van der Waals surface area contributed by atoms with E-state index in [-0.39, 0.29) is 6.09 Å². The largest absolute Gasteiger partial charge is 0.450 e. The van der Waals surface area contributed by atoms with E-state index in [1.807, 2.05) is 25.1 Å². The number of nitrogens with zero attached hydrogens (tertiary/aromatic N) is 3. The predicted octanol–water partition coefficient (Wildman–Crippen LogP) is 2.15. The summed E-state index contributed by atoms with van der Waals surface area (Å²) in [5, 5.41) is 9.22. The summed E-state index contributed by atoms with van der Waals surface area (Å²) in [4.78, 5) is 15.5. The average Bonchev–Trinajstić information content (AvgIpc) is 2.47. The Morgan fingerprint density at radius 3 is 2.65 bits per heavy atom. The second-order valence-electron chi connectivity index (χ2n) is 4.81. The maximum Gasteiger partial charge on any atom is 0.409 e. The molecule has 0 bridgehead atoms. The van der Waals surface area contributed by atoms with Crippen molar-refractivity contribution in [3.63, 3.8) is 0 Å². The molecule has 1 fully saturated rings. The molecule has 1 aromatic rings. The van der Waals surface area contributed by atoms with Crippen LogP contribution in [0.25, 0.3) is 0 Å².